The van der Waals surface area contributed by atoms with Gasteiger partial charge in [-0.1, -0.05) is 135 Å². The molecule has 0 saturated heterocycles. The summed E-state index contributed by atoms with van der Waals surface area (Å²) in [6.45, 7) is 17.3. The maximum Gasteiger partial charge on any atom is 0.306 e. The highest BCUT2D eigenvalue weighted by atomic mass is 16.5. The van der Waals surface area contributed by atoms with Gasteiger partial charge in [-0.25, -0.2) is 0 Å². The van der Waals surface area contributed by atoms with Crippen LogP contribution in [0.15, 0.2) is 35.5 Å². The fraction of sp³-hybridized carbons (Fsp3) is 0.841. The highest BCUT2D eigenvalue weighted by Crippen LogP contribution is 2.66. The van der Waals surface area contributed by atoms with Gasteiger partial charge in [-0.15, -0.1) is 0 Å². The zero-order chi connectivity index (χ0) is 33.2. The molecule has 0 bridgehead atoms. The second-order valence-electron chi connectivity index (χ2n) is 17.4. The molecule has 4 aliphatic carbocycles. The summed E-state index contributed by atoms with van der Waals surface area (Å²) in [5, 5.41) is 0. The van der Waals surface area contributed by atoms with Gasteiger partial charge >= 0.3 is 5.97 Å². The molecule has 3 saturated carbocycles. The molecule has 46 heavy (non-hydrogen) atoms. The van der Waals surface area contributed by atoms with Crippen LogP contribution >= 0.6 is 0 Å². The van der Waals surface area contributed by atoms with Crippen molar-refractivity contribution in [2.24, 2.45) is 46.3 Å². The van der Waals surface area contributed by atoms with Gasteiger partial charge in [0, 0.05) is 12.8 Å². The number of rotatable bonds is 19. The van der Waals surface area contributed by atoms with Crippen LogP contribution in [0.2, 0.25) is 0 Å². The zero-order valence-corrected chi connectivity index (χ0v) is 31.5. The van der Waals surface area contributed by atoms with Crippen molar-refractivity contribution < 1.29 is 9.53 Å². The quantitative estimate of drug-likeness (QED) is 0.0802. The van der Waals surface area contributed by atoms with E-state index in [2.05, 4.69) is 72.8 Å². The summed E-state index contributed by atoms with van der Waals surface area (Å²) in [6, 6.07) is 0. The van der Waals surface area contributed by atoms with E-state index in [0.717, 1.165) is 55.3 Å². The van der Waals surface area contributed by atoms with Crippen LogP contribution < -0.4 is 0 Å². The van der Waals surface area contributed by atoms with Gasteiger partial charge in [0.15, 0.2) is 0 Å². The fourth-order valence-electron chi connectivity index (χ4n) is 10.3. The highest BCUT2D eigenvalue weighted by molar-refractivity contribution is 5.69. The van der Waals surface area contributed by atoms with Crippen molar-refractivity contribution in [3.8, 4) is 0 Å². The van der Waals surface area contributed by atoms with Crippen LogP contribution in [0.3, 0.4) is 0 Å². The van der Waals surface area contributed by atoms with Gasteiger partial charge in [0.05, 0.1) is 0 Å². The summed E-state index contributed by atoms with van der Waals surface area (Å²) in [7, 11) is 0. The van der Waals surface area contributed by atoms with E-state index >= 15 is 0 Å². The first-order valence-corrected chi connectivity index (χ1v) is 20.4. The number of carbonyl (C=O) groups excluding carboxylic acids is 1. The maximum atomic E-state index is 12.8. The van der Waals surface area contributed by atoms with E-state index < -0.39 is 0 Å². The molecule has 4 aliphatic rings. The Labute approximate surface area is 286 Å². The summed E-state index contributed by atoms with van der Waals surface area (Å²) in [5.41, 5.74) is 4.09. The number of hydrogen-bond donors (Lipinski definition) is 0. The third-order valence-corrected chi connectivity index (χ3v) is 13.9. The van der Waals surface area contributed by atoms with Gasteiger partial charge in [-0.05, 0) is 117 Å². The van der Waals surface area contributed by atoms with E-state index in [1.165, 1.54) is 103 Å². The molecule has 0 aromatic carbocycles. The standard InChI is InChI=1S/C44H74O2/c1-8-9-10-11-12-13-14-15-16-17-18-19-20-21-42(45)46-37-28-30-43(6)36(32-37)24-25-38-40-27-26-39(44(40,7)31-29-41(38)43)35(5)23-22-34(4)33(2)3/h13-14,24-25,33-35,37,39-41H,8-12,15-23,26-32H2,1-7H3/t34-,35+,37?,39+,40-,41-,43-,44+/m0/s1. The molecule has 0 radical (unpaired) electrons. The minimum atomic E-state index is 0.0367. The third-order valence-electron chi connectivity index (χ3n) is 13.9. The Balaban J connectivity index is 1.19. The van der Waals surface area contributed by atoms with Gasteiger partial charge in [0.25, 0.3) is 0 Å². The minimum absolute atomic E-state index is 0.0367. The molecule has 0 spiro atoms. The number of ether oxygens (including phenoxy) is 1. The van der Waals surface area contributed by atoms with Crippen molar-refractivity contribution in [3.63, 3.8) is 0 Å². The van der Waals surface area contributed by atoms with E-state index in [1.54, 1.807) is 11.1 Å². The molecule has 0 heterocycles. The van der Waals surface area contributed by atoms with Gasteiger partial charge < -0.3 is 4.74 Å². The number of carbonyl (C=O) groups is 1. The molecule has 0 aromatic heterocycles. The van der Waals surface area contributed by atoms with Gasteiger partial charge in [0.2, 0.25) is 0 Å². The molecular formula is C44H74O2. The van der Waals surface area contributed by atoms with Crippen molar-refractivity contribution in [1.29, 1.82) is 0 Å². The first-order chi connectivity index (χ1) is 22.1. The number of hydrogen-bond acceptors (Lipinski definition) is 2. The lowest BCUT2D eigenvalue weighted by molar-refractivity contribution is -0.151. The third kappa shape index (κ3) is 9.43. The Kier molecular flexibility index (Phi) is 14.6. The first kappa shape index (κ1) is 37.5. The monoisotopic (exact) mass is 635 g/mol. The molecule has 0 amide bonds. The lowest BCUT2D eigenvalue weighted by Crippen LogP contribution is -2.46. The summed E-state index contributed by atoms with van der Waals surface area (Å²) >= 11 is 0. The van der Waals surface area contributed by atoms with Crippen LogP contribution in [0.1, 0.15) is 183 Å². The lowest BCUT2D eigenvalue weighted by Gasteiger charge is -2.55. The Bertz CT molecular complexity index is 1030. The SMILES string of the molecule is CCCCCCC=CCCCCCCCC(=O)OC1CC[C@@]2(C)C(=CC=C3[C@@H]4CC[C@H]([C@H](C)CC[C@H](C)C(C)C)[C@@]4(C)CC[C@@H]32)C1. The van der Waals surface area contributed by atoms with Crippen molar-refractivity contribution in [3.05, 3.63) is 35.5 Å². The molecule has 3 fully saturated rings. The van der Waals surface area contributed by atoms with E-state index in [1.807, 2.05) is 0 Å². The summed E-state index contributed by atoms with van der Waals surface area (Å²) in [6.07, 6.45) is 35.7. The van der Waals surface area contributed by atoms with Gasteiger partial charge in [-0.3, -0.25) is 4.79 Å². The van der Waals surface area contributed by atoms with Gasteiger partial charge in [0.1, 0.15) is 6.10 Å². The fourth-order valence-corrected chi connectivity index (χ4v) is 10.3. The predicted molar refractivity (Wildman–Crippen MR) is 198 cm³/mol. The smallest absolute Gasteiger partial charge is 0.306 e. The molecule has 0 aromatic rings. The van der Waals surface area contributed by atoms with Crippen LogP contribution in [-0.4, -0.2) is 12.1 Å². The van der Waals surface area contributed by atoms with Crippen LogP contribution in [0.25, 0.3) is 0 Å². The van der Waals surface area contributed by atoms with Crippen molar-refractivity contribution in [1.82, 2.24) is 0 Å². The highest BCUT2D eigenvalue weighted by Gasteiger charge is 2.57. The molecule has 262 valence electrons. The molecule has 2 heteroatoms. The average Bonchev–Trinajstić information content (AvgIpc) is 3.39. The van der Waals surface area contributed by atoms with Gasteiger partial charge in [-0.2, -0.15) is 0 Å². The van der Waals surface area contributed by atoms with Crippen LogP contribution in [-0.2, 0) is 9.53 Å². The summed E-state index contributed by atoms with van der Waals surface area (Å²) < 4.78 is 6.10. The normalized spacial score (nSPS) is 32.0. The minimum Gasteiger partial charge on any atom is -0.462 e. The van der Waals surface area contributed by atoms with E-state index in [4.69, 9.17) is 4.74 Å². The summed E-state index contributed by atoms with van der Waals surface area (Å²) in [4.78, 5) is 12.8. The van der Waals surface area contributed by atoms with Crippen molar-refractivity contribution >= 4 is 5.97 Å². The molecule has 2 nitrogen and oxygen atoms in total. The van der Waals surface area contributed by atoms with Crippen molar-refractivity contribution in [2.45, 2.75) is 189 Å². The van der Waals surface area contributed by atoms with E-state index in [9.17, 15) is 4.79 Å². The molecule has 0 N–H and O–H groups in total. The van der Waals surface area contributed by atoms with E-state index in [-0.39, 0.29) is 17.5 Å². The number of allylic oxidation sites excluding steroid dienone is 5. The Morgan fingerprint density at radius 2 is 1.52 bits per heavy atom. The Morgan fingerprint density at radius 1 is 0.826 bits per heavy atom. The number of unbranched alkanes of at least 4 members (excludes halogenated alkanes) is 9. The second kappa shape index (κ2) is 17.9. The zero-order valence-electron chi connectivity index (χ0n) is 31.5. The average molecular weight is 635 g/mol. The molecule has 4 rings (SSSR count). The van der Waals surface area contributed by atoms with Crippen LogP contribution in [0.5, 0.6) is 0 Å². The molecule has 8 atom stereocenters. The Morgan fingerprint density at radius 3 is 2.24 bits per heavy atom. The second-order valence-corrected chi connectivity index (χ2v) is 17.4. The largest absolute Gasteiger partial charge is 0.462 e. The topological polar surface area (TPSA) is 26.3 Å². The molecule has 1 unspecified atom stereocenters. The molecular weight excluding hydrogens is 560 g/mol. The maximum absolute atomic E-state index is 12.8. The number of esters is 1. The number of fused-ring (bicyclic) bond motifs is 5. The Hall–Kier alpha value is -1.31. The first-order valence-electron chi connectivity index (χ1n) is 20.4. The van der Waals surface area contributed by atoms with Crippen LogP contribution in [0, 0.1) is 46.3 Å². The predicted octanol–water partition coefficient (Wildman–Crippen LogP) is 13.4. The van der Waals surface area contributed by atoms with Crippen LogP contribution in [0.4, 0.5) is 0 Å². The molecule has 0 aliphatic heterocycles. The van der Waals surface area contributed by atoms with Crippen molar-refractivity contribution in [2.75, 3.05) is 0 Å². The summed E-state index contributed by atoms with van der Waals surface area (Å²) in [5.74, 6) is 4.83. The van der Waals surface area contributed by atoms with E-state index in [0.29, 0.717) is 17.8 Å². The lowest BCUT2D eigenvalue weighted by atomic mass is 9.50.